The van der Waals surface area contributed by atoms with Crippen molar-refractivity contribution in [2.45, 2.75) is 56.4 Å². The lowest BCUT2D eigenvalue weighted by atomic mass is 9.90. The first-order valence-corrected chi connectivity index (χ1v) is 11.3. The third-order valence-corrected chi connectivity index (χ3v) is 8.13. The van der Waals surface area contributed by atoms with E-state index in [-0.39, 0.29) is 34.7 Å². The molecule has 1 unspecified atom stereocenters. The van der Waals surface area contributed by atoms with Crippen molar-refractivity contribution in [1.82, 2.24) is 9.21 Å². The van der Waals surface area contributed by atoms with Gasteiger partial charge in [0.1, 0.15) is 0 Å². The van der Waals surface area contributed by atoms with Gasteiger partial charge in [-0.15, -0.1) is 12.4 Å². The van der Waals surface area contributed by atoms with Crippen LogP contribution in [0, 0.1) is 5.41 Å². The smallest absolute Gasteiger partial charge is 0.253 e. The second-order valence-electron chi connectivity index (χ2n) is 8.33. The average Bonchev–Trinajstić information content (AvgIpc) is 3.10. The lowest BCUT2D eigenvalue weighted by molar-refractivity contribution is 0.0777. The number of hydrogen-bond acceptors (Lipinski definition) is 4. The summed E-state index contributed by atoms with van der Waals surface area (Å²) in [6.07, 6.45) is 6.07. The van der Waals surface area contributed by atoms with Gasteiger partial charge < -0.3 is 10.6 Å². The van der Waals surface area contributed by atoms with Crippen LogP contribution in [0.1, 0.15) is 55.8 Å². The fraction of sp³-hybridized carbons (Fsp3) is 0.650. The Kier molecular flexibility index (Phi) is 7.53. The summed E-state index contributed by atoms with van der Waals surface area (Å²) >= 11 is 0. The van der Waals surface area contributed by atoms with Crippen LogP contribution in [0.15, 0.2) is 29.2 Å². The Balaban J connectivity index is 0.00000280. The summed E-state index contributed by atoms with van der Waals surface area (Å²) in [5.41, 5.74) is 6.31. The van der Waals surface area contributed by atoms with Crippen LogP contribution in [0.4, 0.5) is 0 Å². The molecule has 1 aliphatic carbocycles. The van der Waals surface area contributed by atoms with Crippen LogP contribution in [-0.4, -0.2) is 56.3 Å². The van der Waals surface area contributed by atoms with E-state index in [0.717, 1.165) is 32.1 Å². The van der Waals surface area contributed by atoms with Crippen molar-refractivity contribution < 1.29 is 13.2 Å². The Bertz CT molecular complexity index is 778. The van der Waals surface area contributed by atoms with Crippen molar-refractivity contribution in [2.75, 3.05) is 26.7 Å². The molecule has 6 nitrogen and oxygen atoms in total. The second-order valence-corrected chi connectivity index (χ2v) is 10.3. The number of nitrogens with two attached hydrogens (primary N) is 1. The molecular weight excluding hydrogens is 398 g/mol. The minimum Gasteiger partial charge on any atom is -0.338 e. The van der Waals surface area contributed by atoms with Crippen LogP contribution >= 0.6 is 12.4 Å². The first-order valence-electron chi connectivity index (χ1n) is 9.84. The molecule has 1 saturated carbocycles. The van der Waals surface area contributed by atoms with Crippen molar-refractivity contribution >= 4 is 28.3 Å². The summed E-state index contributed by atoms with van der Waals surface area (Å²) in [5.74, 6) is -0.0586. The maximum absolute atomic E-state index is 12.9. The average molecular weight is 430 g/mol. The van der Waals surface area contributed by atoms with Gasteiger partial charge in [0.2, 0.25) is 10.0 Å². The topological polar surface area (TPSA) is 83.7 Å². The van der Waals surface area contributed by atoms with E-state index in [1.54, 1.807) is 31.3 Å². The summed E-state index contributed by atoms with van der Waals surface area (Å²) in [7, 11) is -1.86. The highest BCUT2D eigenvalue weighted by atomic mass is 35.5. The molecule has 0 aromatic heterocycles. The van der Waals surface area contributed by atoms with Crippen LogP contribution in [0.2, 0.25) is 0 Å². The van der Waals surface area contributed by atoms with Crippen LogP contribution in [-0.2, 0) is 10.0 Å². The summed E-state index contributed by atoms with van der Waals surface area (Å²) in [6.45, 7) is 3.99. The van der Waals surface area contributed by atoms with E-state index >= 15 is 0 Å². The number of likely N-dealkylation sites (tertiary alicyclic amines) is 1. The lowest BCUT2D eigenvalue weighted by Crippen LogP contribution is -2.38. The molecule has 0 bridgehead atoms. The molecule has 3 rings (SSSR count). The molecule has 8 heteroatoms. The van der Waals surface area contributed by atoms with Gasteiger partial charge in [-0.2, -0.15) is 4.31 Å². The molecule has 1 amide bonds. The Hall–Kier alpha value is -1.15. The number of hydrogen-bond donors (Lipinski definition) is 1. The van der Waals surface area contributed by atoms with E-state index in [0.29, 0.717) is 25.2 Å². The lowest BCUT2D eigenvalue weighted by Gasteiger charge is -2.30. The Morgan fingerprint density at radius 2 is 1.82 bits per heavy atom. The molecule has 2 aliphatic rings. The van der Waals surface area contributed by atoms with Crippen LogP contribution in [0.5, 0.6) is 0 Å². The molecule has 0 spiro atoms. The number of carbonyl (C=O) groups excluding carboxylic acids is 1. The van der Waals surface area contributed by atoms with E-state index in [1.165, 1.54) is 10.7 Å². The summed E-state index contributed by atoms with van der Waals surface area (Å²) in [4.78, 5) is 14.8. The normalized spacial score (nSPS) is 23.6. The minimum absolute atomic E-state index is 0. The number of rotatable bonds is 5. The molecule has 1 heterocycles. The van der Waals surface area contributed by atoms with Crippen molar-refractivity contribution in [3.8, 4) is 0 Å². The second kappa shape index (κ2) is 9.11. The number of carbonyl (C=O) groups is 1. The molecular formula is C20H32ClN3O3S. The van der Waals surface area contributed by atoms with Crippen molar-refractivity contribution in [3.05, 3.63) is 29.8 Å². The van der Waals surface area contributed by atoms with Crippen molar-refractivity contribution in [2.24, 2.45) is 11.1 Å². The zero-order valence-corrected chi connectivity index (χ0v) is 18.4. The monoisotopic (exact) mass is 429 g/mol. The molecule has 1 saturated heterocycles. The number of nitrogens with zero attached hydrogens (tertiary/aromatic N) is 2. The Morgan fingerprint density at radius 1 is 1.21 bits per heavy atom. The first kappa shape index (κ1) is 23.1. The molecule has 28 heavy (non-hydrogen) atoms. The highest BCUT2D eigenvalue weighted by molar-refractivity contribution is 7.89. The fourth-order valence-electron chi connectivity index (χ4n) is 4.12. The van der Waals surface area contributed by atoms with E-state index in [1.807, 2.05) is 4.90 Å². The quantitative estimate of drug-likeness (QED) is 0.779. The summed E-state index contributed by atoms with van der Waals surface area (Å²) < 4.78 is 27.3. The van der Waals surface area contributed by atoms with Gasteiger partial charge >= 0.3 is 0 Å². The third-order valence-electron chi connectivity index (χ3n) is 6.21. The van der Waals surface area contributed by atoms with Gasteiger partial charge in [-0.3, -0.25) is 4.79 Å². The maximum atomic E-state index is 12.9. The first-order chi connectivity index (χ1) is 12.8. The van der Waals surface area contributed by atoms with Gasteiger partial charge in [-0.1, -0.05) is 26.2 Å². The molecule has 2 fully saturated rings. The Labute approximate surface area is 174 Å². The van der Waals surface area contributed by atoms with Gasteiger partial charge in [0.05, 0.1) is 4.90 Å². The number of halogens is 1. The summed E-state index contributed by atoms with van der Waals surface area (Å²) in [6, 6.07) is 6.44. The zero-order valence-electron chi connectivity index (χ0n) is 16.8. The van der Waals surface area contributed by atoms with Crippen LogP contribution in [0.25, 0.3) is 0 Å². The molecule has 2 N–H and O–H groups in total. The van der Waals surface area contributed by atoms with Gasteiger partial charge in [0, 0.05) is 31.7 Å². The molecule has 1 aromatic rings. The summed E-state index contributed by atoms with van der Waals surface area (Å²) in [5, 5.41) is 0. The van der Waals surface area contributed by atoms with Crippen LogP contribution < -0.4 is 5.73 Å². The number of benzene rings is 1. The van der Waals surface area contributed by atoms with Crippen molar-refractivity contribution in [1.29, 1.82) is 0 Å². The molecule has 1 aliphatic heterocycles. The maximum Gasteiger partial charge on any atom is 0.253 e. The van der Waals surface area contributed by atoms with Gasteiger partial charge in [0.25, 0.3) is 5.91 Å². The SMILES string of the molecule is CN(C1CCCCC1)S(=O)(=O)c1ccc(C(=O)N2CCC(C)(CN)C2)cc1.Cl. The number of amides is 1. The standard InChI is InChI=1S/C20H31N3O3S.ClH/c1-20(14-21)12-13-23(15-20)19(24)16-8-10-18(11-9-16)27(25,26)22(2)17-6-4-3-5-7-17;/h8-11,17H,3-7,12-15,21H2,1-2H3;1H. The molecule has 1 aromatic carbocycles. The molecule has 0 radical (unpaired) electrons. The molecule has 158 valence electrons. The minimum atomic E-state index is -3.53. The number of sulfonamides is 1. The van der Waals surface area contributed by atoms with E-state index in [4.69, 9.17) is 5.73 Å². The van der Waals surface area contributed by atoms with Gasteiger partial charge in [0.15, 0.2) is 0 Å². The van der Waals surface area contributed by atoms with E-state index in [2.05, 4.69) is 6.92 Å². The van der Waals surface area contributed by atoms with Gasteiger partial charge in [-0.05, 0) is 55.5 Å². The van der Waals surface area contributed by atoms with E-state index < -0.39 is 10.0 Å². The van der Waals surface area contributed by atoms with E-state index in [9.17, 15) is 13.2 Å². The van der Waals surface area contributed by atoms with Crippen molar-refractivity contribution in [3.63, 3.8) is 0 Å². The fourth-order valence-corrected chi connectivity index (χ4v) is 5.54. The zero-order chi connectivity index (χ0) is 19.7. The predicted octanol–water partition coefficient (Wildman–Crippen LogP) is 2.87. The highest BCUT2D eigenvalue weighted by Gasteiger charge is 2.35. The Morgan fingerprint density at radius 3 is 2.36 bits per heavy atom. The highest BCUT2D eigenvalue weighted by Crippen LogP contribution is 2.30. The largest absolute Gasteiger partial charge is 0.338 e. The van der Waals surface area contributed by atoms with Gasteiger partial charge in [-0.25, -0.2) is 8.42 Å². The molecule has 1 atom stereocenters. The third kappa shape index (κ3) is 4.70. The predicted molar refractivity (Wildman–Crippen MR) is 113 cm³/mol. The van der Waals surface area contributed by atoms with Crippen LogP contribution in [0.3, 0.4) is 0 Å².